The topological polar surface area (TPSA) is 84.9 Å². The highest BCUT2D eigenvalue weighted by Crippen LogP contribution is 2.30. The van der Waals surface area contributed by atoms with E-state index in [1.807, 2.05) is 24.3 Å². The Hall–Kier alpha value is -2.58. The summed E-state index contributed by atoms with van der Waals surface area (Å²) in [4.78, 5) is 12.5. The number of methoxy groups -OCH3 is 1. The molecule has 0 aliphatic carbocycles. The summed E-state index contributed by atoms with van der Waals surface area (Å²) in [6.45, 7) is 6.40. The fraction of sp³-hybridized carbons (Fsp3) is 0.409. The molecule has 0 aliphatic heterocycles. The van der Waals surface area contributed by atoms with Crippen LogP contribution in [0.3, 0.4) is 0 Å². The number of rotatable bonds is 11. The molecule has 0 radical (unpaired) electrons. The molecule has 0 saturated heterocycles. The van der Waals surface area contributed by atoms with Gasteiger partial charge in [0.05, 0.1) is 13.7 Å². The molecule has 2 rings (SSSR count). The van der Waals surface area contributed by atoms with Crippen LogP contribution in [0.2, 0.25) is 0 Å². The molecule has 0 aromatic heterocycles. The van der Waals surface area contributed by atoms with Gasteiger partial charge in [0, 0.05) is 25.2 Å². The zero-order valence-electron chi connectivity index (χ0n) is 18.0. The van der Waals surface area contributed by atoms with E-state index in [0.717, 1.165) is 11.3 Å². The lowest BCUT2D eigenvalue weighted by molar-refractivity contribution is -0.116. The minimum Gasteiger partial charge on any atom is -0.497 e. The standard InChI is InChI=1S/C22H30N2O5S/c1-5-24(6-2)30(26,27)21-16-18(12-13-20(21)29-7-3)23-22(25)14-11-17-9-8-10-19(15-17)28-4/h8-10,12-13,15-16H,5-7,11,14H2,1-4H3,(H,23,25). The van der Waals surface area contributed by atoms with Crippen molar-refractivity contribution in [2.24, 2.45) is 0 Å². The van der Waals surface area contributed by atoms with Crippen LogP contribution in [-0.2, 0) is 21.2 Å². The van der Waals surface area contributed by atoms with Gasteiger partial charge in [0.2, 0.25) is 15.9 Å². The predicted molar refractivity (Wildman–Crippen MR) is 118 cm³/mol. The van der Waals surface area contributed by atoms with E-state index in [9.17, 15) is 13.2 Å². The molecule has 0 atom stereocenters. The molecule has 2 aromatic carbocycles. The Labute approximate surface area is 179 Å². The Morgan fingerprint density at radius 2 is 1.80 bits per heavy atom. The van der Waals surface area contributed by atoms with Gasteiger partial charge in [-0.2, -0.15) is 4.31 Å². The lowest BCUT2D eigenvalue weighted by Crippen LogP contribution is -2.31. The van der Waals surface area contributed by atoms with Crippen molar-refractivity contribution in [3.63, 3.8) is 0 Å². The van der Waals surface area contributed by atoms with Crippen LogP contribution in [0, 0.1) is 0 Å². The first-order valence-corrected chi connectivity index (χ1v) is 11.5. The summed E-state index contributed by atoms with van der Waals surface area (Å²) in [7, 11) is -2.13. The number of ether oxygens (including phenoxy) is 2. The first-order valence-electron chi connectivity index (χ1n) is 10.0. The fourth-order valence-corrected chi connectivity index (χ4v) is 4.69. The van der Waals surface area contributed by atoms with E-state index >= 15 is 0 Å². The molecular formula is C22H30N2O5S. The fourth-order valence-electron chi connectivity index (χ4n) is 3.07. The summed E-state index contributed by atoms with van der Waals surface area (Å²) >= 11 is 0. The molecule has 0 heterocycles. The quantitative estimate of drug-likeness (QED) is 0.583. The number of carbonyl (C=O) groups excluding carboxylic acids is 1. The minimum atomic E-state index is -3.73. The summed E-state index contributed by atoms with van der Waals surface area (Å²) < 4.78 is 38.1. The summed E-state index contributed by atoms with van der Waals surface area (Å²) in [6.07, 6.45) is 0.809. The number of benzene rings is 2. The van der Waals surface area contributed by atoms with E-state index in [4.69, 9.17) is 9.47 Å². The van der Waals surface area contributed by atoms with Crippen LogP contribution in [0.5, 0.6) is 11.5 Å². The number of sulfonamides is 1. The average molecular weight is 435 g/mol. The molecule has 8 heteroatoms. The normalized spacial score (nSPS) is 11.4. The van der Waals surface area contributed by atoms with E-state index in [2.05, 4.69) is 5.32 Å². The Kier molecular flexibility index (Phi) is 8.68. The number of nitrogens with zero attached hydrogens (tertiary/aromatic N) is 1. The number of hydrogen-bond donors (Lipinski definition) is 1. The second kappa shape index (κ2) is 11.0. The lowest BCUT2D eigenvalue weighted by atomic mass is 10.1. The van der Waals surface area contributed by atoms with Crippen LogP contribution < -0.4 is 14.8 Å². The van der Waals surface area contributed by atoms with Crippen molar-refractivity contribution in [2.75, 3.05) is 32.1 Å². The number of anilines is 1. The van der Waals surface area contributed by atoms with Gasteiger partial charge < -0.3 is 14.8 Å². The Bertz CT molecular complexity index is 956. The SMILES string of the molecule is CCOc1ccc(NC(=O)CCc2cccc(OC)c2)cc1S(=O)(=O)N(CC)CC. The maximum Gasteiger partial charge on any atom is 0.246 e. The van der Waals surface area contributed by atoms with Crippen LogP contribution in [0.4, 0.5) is 5.69 Å². The monoisotopic (exact) mass is 434 g/mol. The van der Waals surface area contributed by atoms with Crippen LogP contribution in [0.1, 0.15) is 32.8 Å². The van der Waals surface area contributed by atoms with Crippen molar-refractivity contribution in [1.29, 1.82) is 0 Å². The van der Waals surface area contributed by atoms with Gasteiger partial charge in [-0.15, -0.1) is 0 Å². The molecule has 164 valence electrons. The molecule has 2 aromatic rings. The second-order valence-corrected chi connectivity index (χ2v) is 8.49. The van der Waals surface area contributed by atoms with Gasteiger partial charge in [-0.1, -0.05) is 26.0 Å². The Morgan fingerprint density at radius 1 is 1.07 bits per heavy atom. The van der Waals surface area contributed by atoms with Crippen LogP contribution in [0.25, 0.3) is 0 Å². The molecular weight excluding hydrogens is 404 g/mol. The average Bonchev–Trinajstić information content (AvgIpc) is 2.74. The lowest BCUT2D eigenvalue weighted by Gasteiger charge is -2.21. The third-order valence-electron chi connectivity index (χ3n) is 4.63. The zero-order chi connectivity index (χ0) is 22.1. The summed E-state index contributed by atoms with van der Waals surface area (Å²) in [5, 5.41) is 2.79. The van der Waals surface area contributed by atoms with Crippen molar-refractivity contribution in [3.05, 3.63) is 48.0 Å². The second-order valence-electron chi connectivity index (χ2n) is 6.58. The number of amides is 1. The molecule has 1 N–H and O–H groups in total. The predicted octanol–water partition coefficient (Wildman–Crippen LogP) is 3.70. The molecule has 0 spiro atoms. The first-order chi connectivity index (χ1) is 14.3. The van der Waals surface area contributed by atoms with Gasteiger partial charge in [-0.3, -0.25) is 4.79 Å². The minimum absolute atomic E-state index is 0.0543. The Balaban J connectivity index is 2.18. The van der Waals surface area contributed by atoms with Crippen molar-refractivity contribution in [3.8, 4) is 11.5 Å². The highest BCUT2D eigenvalue weighted by molar-refractivity contribution is 7.89. The molecule has 1 amide bonds. The van der Waals surface area contributed by atoms with Gasteiger partial charge >= 0.3 is 0 Å². The maximum atomic E-state index is 13.0. The van der Waals surface area contributed by atoms with Gasteiger partial charge in [0.15, 0.2) is 0 Å². The van der Waals surface area contributed by atoms with E-state index in [1.54, 1.807) is 40.0 Å². The highest BCUT2D eigenvalue weighted by atomic mass is 32.2. The zero-order valence-corrected chi connectivity index (χ0v) is 18.8. The first kappa shape index (κ1) is 23.7. The van der Waals surface area contributed by atoms with Gasteiger partial charge in [0.1, 0.15) is 16.4 Å². The maximum absolute atomic E-state index is 13.0. The molecule has 0 bridgehead atoms. The number of hydrogen-bond acceptors (Lipinski definition) is 5. The number of nitrogens with one attached hydrogen (secondary N) is 1. The number of aryl methyl sites for hydroxylation is 1. The van der Waals surface area contributed by atoms with Crippen molar-refractivity contribution >= 4 is 21.6 Å². The highest BCUT2D eigenvalue weighted by Gasteiger charge is 2.26. The molecule has 7 nitrogen and oxygen atoms in total. The Morgan fingerprint density at radius 3 is 2.43 bits per heavy atom. The van der Waals surface area contributed by atoms with Crippen LogP contribution in [-0.4, -0.2) is 45.4 Å². The molecule has 0 saturated carbocycles. The smallest absolute Gasteiger partial charge is 0.246 e. The third kappa shape index (κ3) is 5.96. The van der Waals surface area contributed by atoms with Gasteiger partial charge in [0.25, 0.3) is 0 Å². The largest absolute Gasteiger partial charge is 0.497 e. The van der Waals surface area contributed by atoms with Crippen molar-refractivity contribution in [1.82, 2.24) is 4.31 Å². The van der Waals surface area contributed by atoms with Crippen LogP contribution in [0.15, 0.2) is 47.4 Å². The van der Waals surface area contributed by atoms with Crippen molar-refractivity contribution in [2.45, 2.75) is 38.5 Å². The van der Waals surface area contributed by atoms with E-state index in [1.165, 1.54) is 10.4 Å². The van der Waals surface area contributed by atoms with Crippen molar-refractivity contribution < 1.29 is 22.7 Å². The van der Waals surface area contributed by atoms with E-state index < -0.39 is 10.0 Å². The molecule has 0 fully saturated rings. The van der Waals surface area contributed by atoms with Gasteiger partial charge in [-0.25, -0.2) is 8.42 Å². The summed E-state index contributed by atoms with van der Waals surface area (Å²) in [6, 6.07) is 12.2. The van der Waals surface area contributed by atoms with E-state index in [0.29, 0.717) is 31.8 Å². The summed E-state index contributed by atoms with van der Waals surface area (Å²) in [5.74, 6) is 0.817. The van der Waals surface area contributed by atoms with Gasteiger partial charge in [-0.05, 0) is 49.2 Å². The molecule has 0 aliphatic rings. The van der Waals surface area contributed by atoms with Crippen LogP contribution >= 0.6 is 0 Å². The summed E-state index contributed by atoms with van der Waals surface area (Å²) in [5.41, 5.74) is 1.40. The molecule has 0 unspecified atom stereocenters. The molecule has 30 heavy (non-hydrogen) atoms. The van der Waals surface area contributed by atoms with E-state index in [-0.39, 0.29) is 23.0 Å². The third-order valence-corrected chi connectivity index (χ3v) is 6.70. The number of carbonyl (C=O) groups is 1.